The summed E-state index contributed by atoms with van der Waals surface area (Å²) in [7, 11) is 0. The summed E-state index contributed by atoms with van der Waals surface area (Å²) in [5, 5.41) is 3.01. The Hall–Kier alpha value is -1.52. The van der Waals surface area contributed by atoms with Crippen LogP contribution in [0.4, 0.5) is 13.2 Å². The summed E-state index contributed by atoms with van der Waals surface area (Å²) in [5.41, 5.74) is -0.667. The minimum atomic E-state index is -4.42. The Kier molecular flexibility index (Phi) is 3.43. The lowest BCUT2D eigenvalue weighted by molar-refractivity contribution is -0.137. The highest BCUT2D eigenvalue weighted by Crippen LogP contribution is 2.58. The van der Waals surface area contributed by atoms with Crippen LogP contribution in [0.1, 0.15) is 48.0 Å². The summed E-state index contributed by atoms with van der Waals surface area (Å²) in [6.07, 6.45) is 1.62. The second-order valence-corrected chi connectivity index (χ2v) is 7.31. The first-order valence-electron chi connectivity index (χ1n) is 8.41. The standard InChI is InChI=1S/C18H20F3NO/c19-18(20,21)12-4-1-3-10(7-12)17(23)22-16-9-11-8-15(16)14-6-2-5-13(11)14/h1,3-4,7,11,13-16H,2,5-6,8-9H2,(H,22,23). The van der Waals surface area contributed by atoms with Crippen molar-refractivity contribution in [1.82, 2.24) is 5.32 Å². The molecule has 4 rings (SSSR count). The number of alkyl halides is 3. The van der Waals surface area contributed by atoms with Gasteiger partial charge in [-0.2, -0.15) is 13.2 Å². The van der Waals surface area contributed by atoms with Crippen LogP contribution in [0.2, 0.25) is 0 Å². The topological polar surface area (TPSA) is 29.1 Å². The molecule has 124 valence electrons. The van der Waals surface area contributed by atoms with Gasteiger partial charge in [0.25, 0.3) is 5.91 Å². The van der Waals surface area contributed by atoms with Crippen LogP contribution in [-0.4, -0.2) is 11.9 Å². The van der Waals surface area contributed by atoms with E-state index in [1.807, 2.05) is 0 Å². The van der Waals surface area contributed by atoms with Crippen LogP contribution >= 0.6 is 0 Å². The van der Waals surface area contributed by atoms with Gasteiger partial charge in [0, 0.05) is 11.6 Å². The van der Waals surface area contributed by atoms with E-state index in [0.29, 0.717) is 11.8 Å². The van der Waals surface area contributed by atoms with E-state index in [1.54, 1.807) is 0 Å². The van der Waals surface area contributed by atoms with Crippen molar-refractivity contribution >= 4 is 5.91 Å². The van der Waals surface area contributed by atoms with Gasteiger partial charge in [-0.3, -0.25) is 4.79 Å². The predicted molar refractivity (Wildman–Crippen MR) is 79.7 cm³/mol. The molecule has 3 aliphatic carbocycles. The summed E-state index contributed by atoms with van der Waals surface area (Å²) >= 11 is 0. The van der Waals surface area contributed by atoms with Gasteiger partial charge in [0.05, 0.1) is 5.56 Å². The summed E-state index contributed by atoms with van der Waals surface area (Å²) in [5.74, 6) is 2.42. The van der Waals surface area contributed by atoms with E-state index in [2.05, 4.69) is 5.32 Å². The average molecular weight is 323 g/mol. The zero-order chi connectivity index (χ0) is 16.2. The van der Waals surface area contributed by atoms with Gasteiger partial charge in [-0.05, 0) is 67.6 Å². The van der Waals surface area contributed by atoms with E-state index in [0.717, 1.165) is 30.4 Å². The van der Waals surface area contributed by atoms with Crippen LogP contribution in [0, 0.1) is 23.7 Å². The molecule has 3 saturated carbocycles. The number of benzene rings is 1. The van der Waals surface area contributed by atoms with Gasteiger partial charge < -0.3 is 5.32 Å². The molecule has 23 heavy (non-hydrogen) atoms. The largest absolute Gasteiger partial charge is 0.416 e. The molecule has 0 aromatic heterocycles. The fourth-order valence-corrected chi connectivity index (χ4v) is 5.32. The number of hydrogen-bond donors (Lipinski definition) is 1. The lowest BCUT2D eigenvalue weighted by atomic mass is 9.79. The first-order valence-corrected chi connectivity index (χ1v) is 8.41. The summed E-state index contributed by atoms with van der Waals surface area (Å²) in [6, 6.07) is 4.83. The third-order valence-electron chi connectivity index (χ3n) is 6.20. The normalized spacial score (nSPS) is 35.3. The van der Waals surface area contributed by atoms with Gasteiger partial charge in [-0.25, -0.2) is 0 Å². The molecule has 5 atom stereocenters. The maximum atomic E-state index is 12.8. The molecule has 2 bridgehead atoms. The molecule has 1 aromatic rings. The van der Waals surface area contributed by atoms with Crippen molar-refractivity contribution < 1.29 is 18.0 Å². The van der Waals surface area contributed by atoms with Crippen LogP contribution in [0.5, 0.6) is 0 Å². The monoisotopic (exact) mass is 323 g/mol. The Morgan fingerprint density at radius 1 is 1.09 bits per heavy atom. The maximum Gasteiger partial charge on any atom is 0.416 e. The molecule has 0 saturated heterocycles. The smallest absolute Gasteiger partial charge is 0.349 e. The molecule has 1 aromatic carbocycles. The Morgan fingerprint density at radius 3 is 2.65 bits per heavy atom. The Labute approximate surface area is 133 Å². The Morgan fingerprint density at radius 2 is 1.87 bits per heavy atom. The molecule has 0 heterocycles. The number of fused-ring (bicyclic) bond motifs is 5. The first kappa shape index (κ1) is 15.0. The first-order chi connectivity index (χ1) is 10.9. The van der Waals surface area contributed by atoms with Crippen LogP contribution in [-0.2, 0) is 6.18 Å². The van der Waals surface area contributed by atoms with E-state index in [-0.39, 0.29) is 17.5 Å². The number of amides is 1. The number of hydrogen-bond acceptors (Lipinski definition) is 1. The molecule has 1 amide bonds. The third-order valence-corrected chi connectivity index (χ3v) is 6.20. The van der Waals surface area contributed by atoms with Crippen molar-refractivity contribution in [1.29, 1.82) is 0 Å². The minimum absolute atomic E-state index is 0.102. The quantitative estimate of drug-likeness (QED) is 0.866. The number of halogens is 3. The molecule has 2 nitrogen and oxygen atoms in total. The summed E-state index contributed by atoms with van der Waals surface area (Å²) in [4.78, 5) is 12.4. The van der Waals surface area contributed by atoms with Crippen LogP contribution in [0.15, 0.2) is 24.3 Å². The second-order valence-electron chi connectivity index (χ2n) is 7.31. The number of carbonyl (C=O) groups is 1. The molecule has 5 heteroatoms. The number of carbonyl (C=O) groups excluding carboxylic acids is 1. The fraction of sp³-hybridized carbons (Fsp3) is 0.611. The van der Waals surface area contributed by atoms with E-state index in [9.17, 15) is 18.0 Å². The SMILES string of the molecule is O=C(NC1CC2CC1C1CCCC21)c1cccc(C(F)(F)F)c1. The molecule has 0 radical (unpaired) electrons. The summed E-state index contributed by atoms with van der Waals surface area (Å²) in [6.45, 7) is 0. The highest BCUT2D eigenvalue weighted by Gasteiger charge is 2.54. The molecule has 3 aliphatic rings. The lowest BCUT2D eigenvalue weighted by Gasteiger charge is -2.32. The van der Waals surface area contributed by atoms with Crippen molar-refractivity contribution in [3.8, 4) is 0 Å². The molecule has 5 unspecified atom stereocenters. The Balaban J connectivity index is 1.47. The van der Waals surface area contributed by atoms with E-state index < -0.39 is 11.7 Å². The van der Waals surface area contributed by atoms with Gasteiger partial charge in [-0.15, -0.1) is 0 Å². The van der Waals surface area contributed by atoms with Crippen molar-refractivity contribution in [3.63, 3.8) is 0 Å². The number of rotatable bonds is 2. The Bertz CT molecular complexity index is 627. The molecule has 0 spiro atoms. The van der Waals surface area contributed by atoms with E-state index >= 15 is 0 Å². The average Bonchev–Trinajstić information content (AvgIpc) is 3.18. The third kappa shape index (κ3) is 2.54. The van der Waals surface area contributed by atoms with Crippen molar-refractivity contribution in [2.45, 2.75) is 44.3 Å². The van der Waals surface area contributed by atoms with Crippen LogP contribution in [0.3, 0.4) is 0 Å². The van der Waals surface area contributed by atoms with Gasteiger partial charge >= 0.3 is 6.18 Å². The fourth-order valence-electron chi connectivity index (χ4n) is 5.32. The van der Waals surface area contributed by atoms with Crippen molar-refractivity contribution in [2.75, 3.05) is 0 Å². The van der Waals surface area contributed by atoms with Gasteiger partial charge in [0.15, 0.2) is 0 Å². The molecular weight excluding hydrogens is 303 g/mol. The van der Waals surface area contributed by atoms with E-state index in [4.69, 9.17) is 0 Å². The zero-order valence-corrected chi connectivity index (χ0v) is 12.8. The van der Waals surface area contributed by atoms with Crippen LogP contribution < -0.4 is 5.32 Å². The predicted octanol–water partition coefficient (Wildman–Crippen LogP) is 4.26. The molecule has 0 aliphatic heterocycles. The van der Waals surface area contributed by atoms with E-state index in [1.165, 1.54) is 37.8 Å². The molecular formula is C18H20F3NO. The van der Waals surface area contributed by atoms with Gasteiger partial charge in [0.2, 0.25) is 0 Å². The van der Waals surface area contributed by atoms with Crippen molar-refractivity contribution in [2.24, 2.45) is 23.7 Å². The van der Waals surface area contributed by atoms with Gasteiger partial charge in [0.1, 0.15) is 0 Å². The molecule has 1 N–H and O–H groups in total. The number of nitrogens with one attached hydrogen (secondary N) is 1. The van der Waals surface area contributed by atoms with Gasteiger partial charge in [-0.1, -0.05) is 12.5 Å². The van der Waals surface area contributed by atoms with Crippen molar-refractivity contribution in [3.05, 3.63) is 35.4 Å². The highest BCUT2D eigenvalue weighted by atomic mass is 19.4. The summed E-state index contributed by atoms with van der Waals surface area (Å²) < 4.78 is 38.3. The molecule has 3 fully saturated rings. The second kappa shape index (κ2) is 5.25. The highest BCUT2D eigenvalue weighted by molar-refractivity contribution is 5.94. The van der Waals surface area contributed by atoms with Crippen LogP contribution in [0.25, 0.3) is 0 Å². The maximum absolute atomic E-state index is 12.8. The zero-order valence-electron chi connectivity index (χ0n) is 12.8. The lowest BCUT2D eigenvalue weighted by Crippen LogP contribution is -2.42. The minimum Gasteiger partial charge on any atom is -0.349 e.